The van der Waals surface area contributed by atoms with E-state index in [0.717, 1.165) is 12.8 Å². The average molecular weight is 296 g/mol. The van der Waals surface area contributed by atoms with Crippen molar-refractivity contribution in [2.45, 2.75) is 45.6 Å². The molecule has 0 radical (unpaired) electrons. The number of amides is 2. The molecule has 1 N–H and O–H groups in total. The van der Waals surface area contributed by atoms with Gasteiger partial charge in [0.25, 0.3) is 0 Å². The molecule has 0 aromatic carbocycles. The molecule has 2 rings (SSSR count). The summed E-state index contributed by atoms with van der Waals surface area (Å²) in [6.07, 6.45) is 2.78. The largest absolute Gasteiger partial charge is 0.481 e. The van der Waals surface area contributed by atoms with E-state index >= 15 is 0 Å². The van der Waals surface area contributed by atoms with E-state index in [9.17, 15) is 14.4 Å². The van der Waals surface area contributed by atoms with Gasteiger partial charge >= 0.3 is 5.97 Å². The number of carboxylic acid groups (broad SMARTS) is 1. The van der Waals surface area contributed by atoms with Gasteiger partial charge in [0.2, 0.25) is 11.8 Å². The first-order chi connectivity index (χ1) is 9.95. The summed E-state index contributed by atoms with van der Waals surface area (Å²) in [5.41, 5.74) is 0. The Hall–Kier alpha value is -1.59. The van der Waals surface area contributed by atoms with Gasteiger partial charge in [-0.2, -0.15) is 0 Å². The van der Waals surface area contributed by atoms with E-state index in [4.69, 9.17) is 5.11 Å². The van der Waals surface area contributed by atoms with Crippen LogP contribution in [0.1, 0.15) is 39.5 Å². The van der Waals surface area contributed by atoms with E-state index in [1.807, 2.05) is 13.8 Å². The van der Waals surface area contributed by atoms with Crippen molar-refractivity contribution in [2.24, 2.45) is 11.8 Å². The summed E-state index contributed by atoms with van der Waals surface area (Å²) in [6, 6.07) is -0.385. The van der Waals surface area contributed by atoms with Gasteiger partial charge < -0.3 is 14.9 Å². The molecule has 118 valence electrons. The molecular weight excluding hydrogens is 272 g/mol. The molecule has 0 saturated carbocycles. The Bertz CT molecular complexity index is 437. The van der Waals surface area contributed by atoms with Crippen LogP contribution in [-0.2, 0) is 14.4 Å². The van der Waals surface area contributed by atoms with Gasteiger partial charge in [-0.15, -0.1) is 0 Å². The van der Waals surface area contributed by atoms with Crippen molar-refractivity contribution in [1.82, 2.24) is 9.80 Å². The summed E-state index contributed by atoms with van der Waals surface area (Å²) in [5, 5.41) is 9.16. The molecule has 2 saturated heterocycles. The Morgan fingerprint density at radius 2 is 1.95 bits per heavy atom. The highest BCUT2D eigenvalue weighted by atomic mass is 16.4. The van der Waals surface area contributed by atoms with Crippen molar-refractivity contribution < 1.29 is 19.5 Å². The maximum absolute atomic E-state index is 12.6. The summed E-state index contributed by atoms with van der Waals surface area (Å²) in [7, 11) is 0. The van der Waals surface area contributed by atoms with Gasteiger partial charge in [0.15, 0.2) is 0 Å². The summed E-state index contributed by atoms with van der Waals surface area (Å²) >= 11 is 0. The Balaban J connectivity index is 2.03. The van der Waals surface area contributed by atoms with Crippen LogP contribution in [0.15, 0.2) is 0 Å². The van der Waals surface area contributed by atoms with Crippen LogP contribution in [0.25, 0.3) is 0 Å². The number of likely N-dealkylation sites (tertiary alicyclic amines) is 2. The third-order valence-corrected chi connectivity index (χ3v) is 4.56. The molecule has 6 heteroatoms. The highest BCUT2D eigenvalue weighted by molar-refractivity contribution is 5.89. The van der Waals surface area contributed by atoms with E-state index in [1.165, 1.54) is 0 Å². The summed E-state index contributed by atoms with van der Waals surface area (Å²) in [5.74, 6) is -1.41. The number of carboxylic acids is 1. The molecule has 2 aliphatic rings. The predicted molar refractivity (Wildman–Crippen MR) is 76.5 cm³/mol. The lowest BCUT2D eigenvalue weighted by Crippen LogP contribution is -2.47. The van der Waals surface area contributed by atoms with Gasteiger partial charge in [-0.05, 0) is 25.2 Å². The Morgan fingerprint density at radius 3 is 2.52 bits per heavy atom. The quantitative estimate of drug-likeness (QED) is 0.838. The number of rotatable bonds is 4. The Kier molecular flexibility index (Phi) is 4.85. The minimum atomic E-state index is -0.844. The Morgan fingerprint density at radius 1 is 1.24 bits per heavy atom. The highest BCUT2D eigenvalue weighted by Crippen LogP contribution is 2.27. The maximum atomic E-state index is 12.6. The molecule has 0 aliphatic carbocycles. The SMILES string of the molecule is CCCC(=O)N1CCCC1C(=O)N1C[C@@H](C)[C@H](C(=O)O)C1. The molecule has 2 heterocycles. The van der Waals surface area contributed by atoms with Crippen molar-refractivity contribution in [3.05, 3.63) is 0 Å². The first-order valence-corrected chi connectivity index (χ1v) is 7.76. The minimum absolute atomic E-state index is 0.0346. The molecule has 3 atom stereocenters. The topological polar surface area (TPSA) is 77.9 Å². The van der Waals surface area contributed by atoms with E-state index < -0.39 is 11.9 Å². The lowest BCUT2D eigenvalue weighted by atomic mass is 9.99. The van der Waals surface area contributed by atoms with Crippen molar-refractivity contribution in [1.29, 1.82) is 0 Å². The third kappa shape index (κ3) is 3.19. The van der Waals surface area contributed by atoms with Crippen LogP contribution in [0.2, 0.25) is 0 Å². The molecule has 2 fully saturated rings. The van der Waals surface area contributed by atoms with Crippen molar-refractivity contribution >= 4 is 17.8 Å². The van der Waals surface area contributed by atoms with Crippen LogP contribution in [0.4, 0.5) is 0 Å². The molecule has 0 bridgehead atoms. The molecule has 0 aromatic rings. The number of hydrogen-bond donors (Lipinski definition) is 1. The van der Waals surface area contributed by atoms with E-state index in [2.05, 4.69) is 0 Å². The van der Waals surface area contributed by atoms with E-state index in [-0.39, 0.29) is 30.3 Å². The number of aliphatic carboxylic acids is 1. The van der Waals surface area contributed by atoms with E-state index in [1.54, 1.807) is 9.80 Å². The standard InChI is InChI=1S/C15H24N2O4/c1-3-5-13(18)17-7-4-6-12(17)14(19)16-8-10(2)11(9-16)15(20)21/h10-12H,3-9H2,1-2H3,(H,20,21)/t10-,11-,12?/m1/s1. The lowest BCUT2D eigenvalue weighted by Gasteiger charge is -2.28. The van der Waals surface area contributed by atoms with Crippen LogP contribution in [0, 0.1) is 11.8 Å². The molecular formula is C15H24N2O4. The zero-order chi connectivity index (χ0) is 15.6. The number of hydrogen-bond acceptors (Lipinski definition) is 3. The molecule has 0 aromatic heterocycles. The van der Waals surface area contributed by atoms with Crippen molar-refractivity contribution in [3.8, 4) is 0 Å². The second-order valence-corrected chi connectivity index (χ2v) is 6.16. The van der Waals surface area contributed by atoms with Crippen molar-refractivity contribution in [2.75, 3.05) is 19.6 Å². The first-order valence-electron chi connectivity index (χ1n) is 7.76. The maximum Gasteiger partial charge on any atom is 0.308 e. The summed E-state index contributed by atoms with van der Waals surface area (Å²) in [6.45, 7) is 5.19. The van der Waals surface area contributed by atoms with Gasteiger partial charge in [-0.3, -0.25) is 14.4 Å². The highest BCUT2D eigenvalue weighted by Gasteiger charge is 2.42. The Labute approximate surface area is 125 Å². The second kappa shape index (κ2) is 6.45. The lowest BCUT2D eigenvalue weighted by molar-refractivity contribution is -0.144. The molecule has 2 aliphatic heterocycles. The predicted octanol–water partition coefficient (Wildman–Crippen LogP) is 0.957. The number of carbonyl (C=O) groups is 3. The average Bonchev–Trinajstić information content (AvgIpc) is 3.04. The first kappa shape index (κ1) is 15.8. The van der Waals surface area contributed by atoms with Crippen molar-refractivity contribution in [3.63, 3.8) is 0 Å². The van der Waals surface area contributed by atoms with Crippen LogP contribution < -0.4 is 0 Å². The molecule has 1 unspecified atom stereocenters. The molecule has 21 heavy (non-hydrogen) atoms. The number of nitrogens with zero attached hydrogens (tertiary/aromatic N) is 2. The smallest absolute Gasteiger partial charge is 0.308 e. The minimum Gasteiger partial charge on any atom is -0.481 e. The molecule has 6 nitrogen and oxygen atoms in total. The van der Waals surface area contributed by atoms with Gasteiger partial charge in [-0.25, -0.2) is 0 Å². The summed E-state index contributed by atoms with van der Waals surface area (Å²) in [4.78, 5) is 39.2. The van der Waals surface area contributed by atoms with E-state index in [0.29, 0.717) is 25.9 Å². The third-order valence-electron chi connectivity index (χ3n) is 4.56. The summed E-state index contributed by atoms with van der Waals surface area (Å²) < 4.78 is 0. The van der Waals surface area contributed by atoms with Gasteiger partial charge in [0.1, 0.15) is 6.04 Å². The van der Waals surface area contributed by atoms with Gasteiger partial charge in [0.05, 0.1) is 5.92 Å². The van der Waals surface area contributed by atoms with Crippen LogP contribution in [0.5, 0.6) is 0 Å². The normalized spacial score (nSPS) is 29.0. The molecule has 2 amide bonds. The second-order valence-electron chi connectivity index (χ2n) is 6.16. The van der Waals surface area contributed by atoms with Crippen LogP contribution >= 0.6 is 0 Å². The monoisotopic (exact) mass is 296 g/mol. The zero-order valence-electron chi connectivity index (χ0n) is 12.7. The fraction of sp³-hybridized carbons (Fsp3) is 0.800. The fourth-order valence-electron chi connectivity index (χ4n) is 3.36. The van der Waals surface area contributed by atoms with Gasteiger partial charge in [0, 0.05) is 26.1 Å². The fourth-order valence-corrected chi connectivity index (χ4v) is 3.36. The van der Waals surface area contributed by atoms with Gasteiger partial charge in [-0.1, -0.05) is 13.8 Å². The zero-order valence-corrected chi connectivity index (χ0v) is 12.7. The van der Waals surface area contributed by atoms with Crippen LogP contribution in [-0.4, -0.2) is 58.4 Å². The number of carbonyl (C=O) groups excluding carboxylic acids is 2. The molecule has 0 spiro atoms. The van der Waals surface area contributed by atoms with Crippen LogP contribution in [0.3, 0.4) is 0 Å².